The molecule has 0 amide bonds. The predicted molar refractivity (Wildman–Crippen MR) is 70.4 cm³/mol. The molecule has 1 fully saturated rings. The summed E-state index contributed by atoms with van der Waals surface area (Å²) in [5.41, 5.74) is 0. The van der Waals surface area contributed by atoms with Crippen molar-refractivity contribution in [2.45, 2.75) is 19.8 Å². The summed E-state index contributed by atoms with van der Waals surface area (Å²) in [4.78, 5) is 10.5. The number of esters is 1. The molecule has 2 N–H and O–H groups in total. The van der Waals surface area contributed by atoms with E-state index in [9.17, 15) is 4.79 Å². The fourth-order valence-corrected chi connectivity index (χ4v) is 1.68. The van der Waals surface area contributed by atoms with E-state index in [1.54, 1.807) is 24.3 Å². The molecule has 1 aliphatic rings. The SMILES string of the molecule is C[C@H]1CCCNC1.O=C(CO)Oc1ccccc1. The highest BCUT2D eigenvalue weighted by Crippen LogP contribution is 2.07. The molecule has 100 valence electrons. The molecule has 18 heavy (non-hydrogen) atoms. The van der Waals surface area contributed by atoms with E-state index in [-0.39, 0.29) is 0 Å². The van der Waals surface area contributed by atoms with Gasteiger partial charge < -0.3 is 15.2 Å². The fourth-order valence-electron chi connectivity index (χ4n) is 1.68. The van der Waals surface area contributed by atoms with Crippen LogP contribution >= 0.6 is 0 Å². The van der Waals surface area contributed by atoms with Crippen LogP contribution in [0.5, 0.6) is 5.75 Å². The van der Waals surface area contributed by atoms with Gasteiger partial charge in [-0.15, -0.1) is 0 Å². The van der Waals surface area contributed by atoms with Crippen LogP contribution in [-0.4, -0.2) is 30.8 Å². The summed E-state index contributed by atoms with van der Waals surface area (Å²) in [6.45, 7) is 4.19. The highest BCUT2D eigenvalue weighted by atomic mass is 16.5. The van der Waals surface area contributed by atoms with Crippen molar-refractivity contribution in [2.24, 2.45) is 5.92 Å². The van der Waals surface area contributed by atoms with Crippen molar-refractivity contribution < 1.29 is 14.6 Å². The first-order valence-electron chi connectivity index (χ1n) is 6.29. The highest BCUT2D eigenvalue weighted by molar-refractivity contribution is 5.73. The first-order chi connectivity index (χ1) is 8.72. The topological polar surface area (TPSA) is 58.6 Å². The average molecular weight is 251 g/mol. The van der Waals surface area contributed by atoms with Crippen LogP contribution in [0.1, 0.15) is 19.8 Å². The minimum Gasteiger partial charge on any atom is -0.425 e. The van der Waals surface area contributed by atoms with Crippen LogP contribution in [0.3, 0.4) is 0 Å². The smallest absolute Gasteiger partial charge is 0.337 e. The highest BCUT2D eigenvalue weighted by Gasteiger charge is 2.04. The van der Waals surface area contributed by atoms with Crippen molar-refractivity contribution >= 4 is 5.97 Å². The van der Waals surface area contributed by atoms with Gasteiger partial charge in [-0.3, -0.25) is 0 Å². The zero-order chi connectivity index (χ0) is 13.2. The summed E-state index contributed by atoms with van der Waals surface area (Å²) in [6.07, 6.45) is 2.80. The number of benzene rings is 1. The fraction of sp³-hybridized carbons (Fsp3) is 0.500. The summed E-state index contributed by atoms with van der Waals surface area (Å²) in [7, 11) is 0. The predicted octanol–water partition coefficient (Wildman–Crippen LogP) is 1.59. The van der Waals surface area contributed by atoms with Gasteiger partial charge in [0.2, 0.25) is 0 Å². The third-order valence-electron chi connectivity index (χ3n) is 2.65. The maximum Gasteiger partial charge on any atom is 0.337 e. The lowest BCUT2D eigenvalue weighted by atomic mass is 10.0. The van der Waals surface area contributed by atoms with Crippen LogP contribution in [0.25, 0.3) is 0 Å². The number of aliphatic hydroxyl groups is 1. The van der Waals surface area contributed by atoms with E-state index < -0.39 is 12.6 Å². The normalized spacial score (nSPS) is 18.4. The van der Waals surface area contributed by atoms with Crippen molar-refractivity contribution in [1.82, 2.24) is 5.32 Å². The molecule has 4 nitrogen and oxygen atoms in total. The Hall–Kier alpha value is -1.39. The van der Waals surface area contributed by atoms with Gasteiger partial charge in [0.05, 0.1) is 0 Å². The number of rotatable bonds is 2. The summed E-state index contributed by atoms with van der Waals surface area (Å²) >= 11 is 0. The Morgan fingerprint density at radius 1 is 1.44 bits per heavy atom. The summed E-state index contributed by atoms with van der Waals surface area (Å²) in [6, 6.07) is 8.61. The van der Waals surface area contributed by atoms with Crippen LogP contribution in [0.2, 0.25) is 0 Å². The lowest BCUT2D eigenvalue weighted by Crippen LogP contribution is -2.27. The molecular formula is C14H21NO3. The van der Waals surface area contributed by atoms with Gasteiger partial charge in [-0.1, -0.05) is 25.1 Å². The number of carbonyl (C=O) groups excluding carboxylic acids is 1. The summed E-state index contributed by atoms with van der Waals surface area (Å²) in [5, 5.41) is 11.7. The van der Waals surface area contributed by atoms with Crippen molar-refractivity contribution in [1.29, 1.82) is 0 Å². The third-order valence-corrected chi connectivity index (χ3v) is 2.65. The molecule has 1 heterocycles. The van der Waals surface area contributed by atoms with E-state index in [4.69, 9.17) is 5.11 Å². The first kappa shape index (κ1) is 14.7. The number of hydrogen-bond acceptors (Lipinski definition) is 4. The van der Waals surface area contributed by atoms with Gasteiger partial charge >= 0.3 is 5.97 Å². The minimum absolute atomic E-state index is 0.451. The number of piperidine rings is 1. The number of para-hydroxylation sites is 1. The maximum absolute atomic E-state index is 10.5. The molecule has 1 saturated heterocycles. The molecule has 1 aliphatic heterocycles. The summed E-state index contributed by atoms with van der Waals surface area (Å²) < 4.78 is 4.67. The largest absolute Gasteiger partial charge is 0.425 e. The lowest BCUT2D eigenvalue weighted by molar-refractivity contribution is -0.137. The van der Waals surface area contributed by atoms with Crippen LogP contribution in [0, 0.1) is 5.92 Å². The van der Waals surface area contributed by atoms with E-state index in [2.05, 4.69) is 17.0 Å². The third kappa shape index (κ3) is 6.37. The van der Waals surface area contributed by atoms with Crippen LogP contribution < -0.4 is 10.1 Å². The zero-order valence-corrected chi connectivity index (χ0v) is 10.8. The number of hydrogen-bond donors (Lipinski definition) is 2. The standard InChI is InChI=1S/C8H8O3.C6H13N/c9-6-8(10)11-7-4-2-1-3-5-7;1-6-3-2-4-7-5-6/h1-5,9H,6H2;6-7H,2-5H2,1H3/t;6-/m.0/s1. The van der Waals surface area contributed by atoms with Crippen molar-refractivity contribution in [2.75, 3.05) is 19.7 Å². The number of aliphatic hydroxyl groups excluding tert-OH is 1. The molecule has 0 unspecified atom stereocenters. The Morgan fingerprint density at radius 3 is 2.61 bits per heavy atom. The molecule has 4 heteroatoms. The van der Waals surface area contributed by atoms with E-state index in [0.717, 1.165) is 5.92 Å². The molecule has 0 aliphatic carbocycles. The zero-order valence-electron chi connectivity index (χ0n) is 10.8. The van der Waals surface area contributed by atoms with Gasteiger partial charge in [0.25, 0.3) is 0 Å². The second-order valence-electron chi connectivity index (χ2n) is 4.40. The van der Waals surface area contributed by atoms with Crippen LogP contribution in [0.4, 0.5) is 0 Å². The molecule has 0 aromatic heterocycles. The Morgan fingerprint density at radius 2 is 2.17 bits per heavy atom. The molecule has 1 atom stereocenters. The average Bonchev–Trinajstić information content (AvgIpc) is 2.41. The Kier molecular flexibility index (Phi) is 7.06. The monoisotopic (exact) mass is 251 g/mol. The van der Waals surface area contributed by atoms with Crippen LogP contribution in [-0.2, 0) is 4.79 Å². The molecule has 0 saturated carbocycles. The molecule has 0 bridgehead atoms. The molecule has 0 spiro atoms. The van der Waals surface area contributed by atoms with E-state index in [0.29, 0.717) is 5.75 Å². The van der Waals surface area contributed by atoms with Crippen molar-refractivity contribution in [3.05, 3.63) is 30.3 Å². The van der Waals surface area contributed by atoms with E-state index in [1.807, 2.05) is 6.07 Å². The molecule has 0 radical (unpaired) electrons. The molecular weight excluding hydrogens is 230 g/mol. The van der Waals surface area contributed by atoms with Gasteiger partial charge in [-0.25, -0.2) is 4.79 Å². The minimum atomic E-state index is -0.642. The number of carbonyl (C=O) groups is 1. The number of nitrogens with one attached hydrogen (secondary N) is 1. The Bertz CT molecular complexity index is 334. The van der Waals surface area contributed by atoms with E-state index in [1.165, 1.54) is 25.9 Å². The van der Waals surface area contributed by atoms with Crippen LogP contribution in [0.15, 0.2) is 30.3 Å². The molecule has 1 aromatic carbocycles. The Labute approximate surface area is 108 Å². The van der Waals surface area contributed by atoms with Gasteiger partial charge in [-0.2, -0.15) is 0 Å². The lowest BCUT2D eigenvalue weighted by Gasteiger charge is -2.17. The van der Waals surface area contributed by atoms with Crippen molar-refractivity contribution in [3.8, 4) is 5.75 Å². The van der Waals surface area contributed by atoms with Gasteiger partial charge in [0, 0.05) is 0 Å². The number of ether oxygens (including phenoxy) is 1. The van der Waals surface area contributed by atoms with Gasteiger partial charge in [0.15, 0.2) is 0 Å². The van der Waals surface area contributed by atoms with Crippen molar-refractivity contribution in [3.63, 3.8) is 0 Å². The maximum atomic E-state index is 10.5. The second-order valence-corrected chi connectivity index (χ2v) is 4.40. The second kappa shape index (κ2) is 8.66. The van der Waals surface area contributed by atoms with E-state index >= 15 is 0 Å². The quantitative estimate of drug-likeness (QED) is 0.619. The Balaban J connectivity index is 0.000000199. The van der Waals surface area contributed by atoms with Gasteiger partial charge in [-0.05, 0) is 44.0 Å². The first-order valence-corrected chi connectivity index (χ1v) is 6.29. The van der Waals surface area contributed by atoms with Gasteiger partial charge in [0.1, 0.15) is 12.4 Å². The molecule has 2 rings (SSSR count). The molecule has 1 aromatic rings. The summed E-state index contributed by atoms with van der Waals surface area (Å²) in [5.74, 6) is 0.733.